The van der Waals surface area contributed by atoms with Gasteiger partial charge in [-0.2, -0.15) is 0 Å². The van der Waals surface area contributed by atoms with Crippen LogP contribution in [0.25, 0.3) is 0 Å². The van der Waals surface area contributed by atoms with Gasteiger partial charge in [0.1, 0.15) is 6.67 Å². The first kappa shape index (κ1) is 15.9. The zero-order chi connectivity index (χ0) is 8.32. The van der Waals surface area contributed by atoms with Gasteiger partial charge in [-0.05, 0) is 13.8 Å². The third kappa shape index (κ3) is 5.68. The Morgan fingerprint density at radius 2 is 2.00 bits per heavy atom. The molecule has 0 amide bonds. The summed E-state index contributed by atoms with van der Waals surface area (Å²) in [6.45, 7) is 7.58. The zero-order valence-corrected chi connectivity index (χ0v) is 9.81. The molecule has 1 aliphatic heterocycles. The summed E-state index contributed by atoms with van der Waals surface area (Å²) in [6.07, 6.45) is 0. The standard InChI is InChI=1S/C8H17FN2.2ClH/c1-8(2)7-11(5-3-9)6-4-10-8;;/h10H,3-7H2,1-2H3;2*1H. The fourth-order valence-electron chi connectivity index (χ4n) is 1.56. The molecule has 0 aromatic carbocycles. The van der Waals surface area contributed by atoms with Crippen molar-refractivity contribution in [3.8, 4) is 0 Å². The molecule has 1 fully saturated rings. The lowest BCUT2D eigenvalue weighted by atomic mass is 10.0. The van der Waals surface area contributed by atoms with Gasteiger partial charge in [0.2, 0.25) is 0 Å². The average Bonchev–Trinajstić information content (AvgIpc) is 1.85. The minimum absolute atomic E-state index is 0. The topological polar surface area (TPSA) is 15.3 Å². The largest absolute Gasteiger partial charge is 0.309 e. The van der Waals surface area contributed by atoms with E-state index in [1.54, 1.807) is 0 Å². The second-order valence-electron chi connectivity index (χ2n) is 3.78. The molecule has 2 nitrogen and oxygen atoms in total. The van der Waals surface area contributed by atoms with Crippen LogP contribution in [0.5, 0.6) is 0 Å². The molecule has 0 unspecified atom stereocenters. The summed E-state index contributed by atoms with van der Waals surface area (Å²) in [6, 6.07) is 0. The van der Waals surface area contributed by atoms with Gasteiger partial charge in [0, 0.05) is 31.7 Å². The zero-order valence-electron chi connectivity index (χ0n) is 8.18. The highest BCUT2D eigenvalue weighted by molar-refractivity contribution is 5.85. The fraction of sp³-hybridized carbons (Fsp3) is 1.00. The maximum atomic E-state index is 12.0. The molecular weight excluding hydrogens is 214 g/mol. The Hall–Kier alpha value is 0.430. The van der Waals surface area contributed by atoms with Gasteiger partial charge >= 0.3 is 0 Å². The van der Waals surface area contributed by atoms with E-state index >= 15 is 0 Å². The second-order valence-corrected chi connectivity index (χ2v) is 3.78. The smallest absolute Gasteiger partial charge is 0.102 e. The molecule has 0 bridgehead atoms. The van der Waals surface area contributed by atoms with Crippen LogP contribution in [0.15, 0.2) is 0 Å². The molecule has 0 atom stereocenters. The molecule has 13 heavy (non-hydrogen) atoms. The Kier molecular flexibility index (Phi) is 8.33. The number of nitrogens with one attached hydrogen (secondary N) is 1. The van der Waals surface area contributed by atoms with Crippen LogP contribution in [-0.2, 0) is 0 Å². The van der Waals surface area contributed by atoms with Crippen LogP contribution in [0.3, 0.4) is 0 Å². The number of piperazine rings is 1. The summed E-state index contributed by atoms with van der Waals surface area (Å²) in [7, 11) is 0. The molecule has 1 saturated heterocycles. The quantitative estimate of drug-likeness (QED) is 0.777. The number of rotatable bonds is 2. The maximum Gasteiger partial charge on any atom is 0.102 e. The van der Waals surface area contributed by atoms with Crippen LogP contribution < -0.4 is 5.32 Å². The maximum absolute atomic E-state index is 12.0. The molecule has 0 aromatic rings. The third-order valence-electron chi connectivity index (χ3n) is 2.05. The van der Waals surface area contributed by atoms with Crippen molar-refractivity contribution in [3.05, 3.63) is 0 Å². The van der Waals surface area contributed by atoms with Crippen molar-refractivity contribution in [2.24, 2.45) is 0 Å². The third-order valence-corrected chi connectivity index (χ3v) is 2.05. The highest BCUT2D eigenvalue weighted by Crippen LogP contribution is 2.09. The van der Waals surface area contributed by atoms with Crippen molar-refractivity contribution in [2.45, 2.75) is 19.4 Å². The van der Waals surface area contributed by atoms with E-state index in [9.17, 15) is 4.39 Å². The van der Waals surface area contributed by atoms with Gasteiger partial charge < -0.3 is 5.32 Å². The molecular formula is C8H19Cl2FN2. The predicted octanol–water partition coefficient (Wildman–Crippen LogP) is 1.48. The van der Waals surface area contributed by atoms with E-state index in [0.717, 1.165) is 19.6 Å². The van der Waals surface area contributed by atoms with E-state index in [1.165, 1.54) is 0 Å². The number of halogens is 3. The molecule has 0 aromatic heterocycles. The van der Waals surface area contributed by atoms with E-state index in [4.69, 9.17) is 0 Å². The molecule has 1 heterocycles. The molecule has 1 N–H and O–H groups in total. The minimum atomic E-state index is -0.226. The van der Waals surface area contributed by atoms with Crippen LogP contribution in [0.2, 0.25) is 0 Å². The molecule has 1 aliphatic rings. The van der Waals surface area contributed by atoms with Crippen molar-refractivity contribution in [3.63, 3.8) is 0 Å². The molecule has 0 saturated carbocycles. The van der Waals surface area contributed by atoms with Gasteiger partial charge in [-0.15, -0.1) is 24.8 Å². The molecule has 1 rings (SSSR count). The molecule has 82 valence electrons. The summed E-state index contributed by atoms with van der Waals surface area (Å²) in [4.78, 5) is 2.16. The molecule has 0 aliphatic carbocycles. The van der Waals surface area contributed by atoms with Crippen LogP contribution >= 0.6 is 24.8 Å². The Morgan fingerprint density at radius 3 is 2.46 bits per heavy atom. The normalized spacial score (nSPS) is 21.5. The van der Waals surface area contributed by atoms with E-state index in [2.05, 4.69) is 24.1 Å². The molecule has 0 spiro atoms. The van der Waals surface area contributed by atoms with Gasteiger partial charge in [-0.3, -0.25) is 4.90 Å². The van der Waals surface area contributed by atoms with E-state index in [-0.39, 0.29) is 37.0 Å². The Balaban J connectivity index is 0. The second kappa shape index (κ2) is 6.82. The highest BCUT2D eigenvalue weighted by atomic mass is 35.5. The fourth-order valence-corrected chi connectivity index (χ4v) is 1.56. The summed E-state index contributed by atoms with van der Waals surface area (Å²) in [5.74, 6) is 0. The van der Waals surface area contributed by atoms with Crippen LogP contribution in [0, 0.1) is 0 Å². The summed E-state index contributed by atoms with van der Waals surface area (Å²) in [5, 5.41) is 3.38. The number of alkyl halides is 1. The predicted molar refractivity (Wildman–Crippen MR) is 59.0 cm³/mol. The molecule has 0 radical (unpaired) electrons. The van der Waals surface area contributed by atoms with E-state index in [1.807, 2.05) is 0 Å². The number of hydrogen-bond acceptors (Lipinski definition) is 2. The average molecular weight is 233 g/mol. The minimum Gasteiger partial charge on any atom is -0.309 e. The van der Waals surface area contributed by atoms with Crippen LogP contribution in [-0.4, -0.2) is 43.3 Å². The van der Waals surface area contributed by atoms with Gasteiger partial charge in [-0.1, -0.05) is 0 Å². The van der Waals surface area contributed by atoms with Crippen molar-refractivity contribution in [2.75, 3.05) is 32.9 Å². The van der Waals surface area contributed by atoms with Gasteiger partial charge in [0.15, 0.2) is 0 Å². The van der Waals surface area contributed by atoms with Gasteiger partial charge in [0.05, 0.1) is 0 Å². The Morgan fingerprint density at radius 1 is 1.38 bits per heavy atom. The highest BCUT2D eigenvalue weighted by Gasteiger charge is 2.24. The van der Waals surface area contributed by atoms with Gasteiger partial charge in [-0.25, -0.2) is 4.39 Å². The molecule has 5 heteroatoms. The first-order chi connectivity index (χ1) is 5.14. The van der Waals surface area contributed by atoms with Crippen molar-refractivity contribution < 1.29 is 4.39 Å². The lowest BCUT2D eigenvalue weighted by Gasteiger charge is -2.38. The monoisotopic (exact) mass is 232 g/mol. The summed E-state index contributed by atoms with van der Waals surface area (Å²) < 4.78 is 12.0. The Labute approximate surface area is 92.1 Å². The lowest BCUT2D eigenvalue weighted by molar-refractivity contribution is 0.146. The van der Waals surface area contributed by atoms with Crippen LogP contribution in [0.4, 0.5) is 4.39 Å². The lowest BCUT2D eigenvalue weighted by Crippen LogP contribution is -2.57. The van der Waals surface area contributed by atoms with Crippen molar-refractivity contribution in [1.82, 2.24) is 10.2 Å². The van der Waals surface area contributed by atoms with E-state index in [0.29, 0.717) is 6.54 Å². The summed E-state index contributed by atoms with van der Waals surface area (Å²) in [5.41, 5.74) is 0.160. The van der Waals surface area contributed by atoms with E-state index < -0.39 is 0 Å². The number of nitrogens with zero attached hydrogens (tertiary/aromatic N) is 1. The van der Waals surface area contributed by atoms with Crippen molar-refractivity contribution in [1.29, 1.82) is 0 Å². The summed E-state index contributed by atoms with van der Waals surface area (Å²) >= 11 is 0. The SMILES string of the molecule is CC1(C)CN(CCF)CCN1.Cl.Cl. The first-order valence-electron chi connectivity index (χ1n) is 4.17. The van der Waals surface area contributed by atoms with Crippen molar-refractivity contribution >= 4 is 24.8 Å². The Bertz CT molecular complexity index is 131. The number of hydrogen-bond donors (Lipinski definition) is 1. The van der Waals surface area contributed by atoms with Gasteiger partial charge in [0.25, 0.3) is 0 Å². The first-order valence-corrected chi connectivity index (χ1v) is 4.17. The van der Waals surface area contributed by atoms with Crippen LogP contribution in [0.1, 0.15) is 13.8 Å².